The number of hydrogen-bond donors (Lipinski definition) is 0. The van der Waals surface area contributed by atoms with Crippen LogP contribution >= 0.6 is 0 Å². The molecule has 2 aromatic rings. The largest absolute Gasteiger partial charge is 0.472 e. The SMILES string of the molecule is N#Cc1ccnc(OC2CCN(C(=O)CCCCc3ccccc3)C2)c1. The number of nitriles is 1. The average molecular weight is 349 g/mol. The van der Waals surface area contributed by atoms with E-state index in [2.05, 4.69) is 23.2 Å². The zero-order valence-electron chi connectivity index (χ0n) is 14.8. The van der Waals surface area contributed by atoms with E-state index < -0.39 is 0 Å². The van der Waals surface area contributed by atoms with Crippen LogP contribution < -0.4 is 4.74 Å². The normalized spacial score (nSPS) is 16.3. The van der Waals surface area contributed by atoms with Gasteiger partial charge < -0.3 is 9.64 Å². The standard InChI is InChI=1S/C21H23N3O2/c22-15-18-10-12-23-20(14-18)26-19-11-13-24(16-19)21(25)9-5-4-8-17-6-2-1-3-7-17/h1-3,6-7,10,12,14,19H,4-5,8-9,11,13,16H2. The van der Waals surface area contributed by atoms with E-state index in [0.717, 1.165) is 32.2 Å². The third-order valence-corrected chi connectivity index (χ3v) is 4.60. The molecule has 1 aliphatic rings. The fourth-order valence-electron chi connectivity index (χ4n) is 3.17. The van der Waals surface area contributed by atoms with Crippen LogP contribution in [-0.2, 0) is 11.2 Å². The van der Waals surface area contributed by atoms with Crippen LogP contribution in [0.15, 0.2) is 48.7 Å². The maximum atomic E-state index is 12.4. The number of aromatic nitrogens is 1. The molecule has 0 radical (unpaired) electrons. The summed E-state index contributed by atoms with van der Waals surface area (Å²) in [5.74, 6) is 0.647. The van der Waals surface area contributed by atoms with Gasteiger partial charge >= 0.3 is 0 Å². The summed E-state index contributed by atoms with van der Waals surface area (Å²) in [5, 5.41) is 8.93. The molecular weight excluding hydrogens is 326 g/mol. The Morgan fingerprint density at radius 1 is 1.27 bits per heavy atom. The molecule has 26 heavy (non-hydrogen) atoms. The van der Waals surface area contributed by atoms with Crippen molar-refractivity contribution in [2.45, 2.75) is 38.2 Å². The summed E-state index contributed by atoms with van der Waals surface area (Å²) in [6.45, 7) is 1.32. The van der Waals surface area contributed by atoms with Gasteiger partial charge in [0.05, 0.1) is 18.2 Å². The summed E-state index contributed by atoms with van der Waals surface area (Å²) in [5.41, 5.74) is 1.85. The fraction of sp³-hybridized carbons (Fsp3) is 0.381. The van der Waals surface area contributed by atoms with Gasteiger partial charge in [0, 0.05) is 31.6 Å². The number of carbonyl (C=O) groups excluding carboxylic acids is 1. The highest BCUT2D eigenvalue weighted by Gasteiger charge is 2.27. The molecule has 0 bridgehead atoms. The molecule has 2 heterocycles. The molecule has 0 N–H and O–H groups in total. The number of aryl methyl sites for hydroxylation is 1. The number of pyridine rings is 1. The van der Waals surface area contributed by atoms with Gasteiger partial charge in [-0.25, -0.2) is 4.98 Å². The first kappa shape index (κ1) is 17.9. The Balaban J connectivity index is 1.39. The van der Waals surface area contributed by atoms with Crippen molar-refractivity contribution in [1.82, 2.24) is 9.88 Å². The van der Waals surface area contributed by atoms with Gasteiger partial charge in [-0.3, -0.25) is 4.79 Å². The minimum Gasteiger partial charge on any atom is -0.472 e. The van der Waals surface area contributed by atoms with Gasteiger partial charge in [0.1, 0.15) is 6.10 Å². The highest BCUT2D eigenvalue weighted by atomic mass is 16.5. The molecule has 1 aliphatic heterocycles. The topological polar surface area (TPSA) is 66.2 Å². The molecule has 1 fully saturated rings. The van der Waals surface area contributed by atoms with Crippen molar-refractivity contribution >= 4 is 5.91 Å². The molecular formula is C21H23N3O2. The molecule has 1 unspecified atom stereocenters. The molecule has 1 saturated heterocycles. The first-order valence-corrected chi connectivity index (χ1v) is 9.09. The van der Waals surface area contributed by atoms with Gasteiger partial charge in [0.2, 0.25) is 11.8 Å². The van der Waals surface area contributed by atoms with Crippen molar-refractivity contribution in [2.24, 2.45) is 0 Å². The molecule has 5 heteroatoms. The number of ether oxygens (including phenoxy) is 1. The zero-order valence-corrected chi connectivity index (χ0v) is 14.8. The number of amides is 1. The number of benzene rings is 1. The lowest BCUT2D eigenvalue weighted by molar-refractivity contribution is -0.130. The minimum atomic E-state index is -0.0512. The average Bonchev–Trinajstić information content (AvgIpc) is 3.14. The highest BCUT2D eigenvalue weighted by molar-refractivity contribution is 5.76. The van der Waals surface area contributed by atoms with Crippen LogP contribution in [-0.4, -0.2) is 35.0 Å². The minimum absolute atomic E-state index is 0.0512. The predicted octanol–water partition coefficient (Wildman–Crippen LogP) is 3.35. The van der Waals surface area contributed by atoms with Crippen LogP contribution in [0.25, 0.3) is 0 Å². The van der Waals surface area contributed by atoms with E-state index in [9.17, 15) is 4.79 Å². The molecule has 3 rings (SSSR count). The number of likely N-dealkylation sites (tertiary alicyclic amines) is 1. The number of rotatable bonds is 7. The van der Waals surface area contributed by atoms with Crippen LogP contribution in [0, 0.1) is 11.3 Å². The lowest BCUT2D eigenvalue weighted by Crippen LogP contribution is -2.30. The Morgan fingerprint density at radius 2 is 2.12 bits per heavy atom. The van der Waals surface area contributed by atoms with Crippen molar-refractivity contribution < 1.29 is 9.53 Å². The number of nitrogens with zero attached hydrogens (tertiary/aromatic N) is 3. The van der Waals surface area contributed by atoms with Crippen LogP contribution in [0.5, 0.6) is 5.88 Å². The second-order valence-electron chi connectivity index (χ2n) is 6.56. The quantitative estimate of drug-likeness (QED) is 0.719. The van der Waals surface area contributed by atoms with Crippen molar-refractivity contribution in [3.05, 3.63) is 59.8 Å². The summed E-state index contributed by atoms with van der Waals surface area (Å²) in [6.07, 6.45) is 5.84. The molecule has 0 spiro atoms. The Labute approximate surface area is 154 Å². The lowest BCUT2D eigenvalue weighted by atomic mass is 10.1. The Bertz CT molecular complexity index is 770. The first-order chi connectivity index (χ1) is 12.7. The van der Waals surface area contributed by atoms with E-state index in [-0.39, 0.29) is 12.0 Å². The van der Waals surface area contributed by atoms with Gasteiger partial charge in [-0.2, -0.15) is 5.26 Å². The smallest absolute Gasteiger partial charge is 0.222 e. The second kappa shape index (κ2) is 9.00. The fourth-order valence-corrected chi connectivity index (χ4v) is 3.17. The monoisotopic (exact) mass is 349 g/mol. The van der Waals surface area contributed by atoms with Crippen molar-refractivity contribution in [3.8, 4) is 11.9 Å². The summed E-state index contributed by atoms with van der Waals surface area (Å²) >= 11 is 0. The third kappa shape index (κ3) is 5.06. The van der Waals surface area contributed by atoms with E-state index in [1.807, 2.05) is 23.1 Å². The van der Waals surface area contributed by atoms with Crippen LogP contribution in [0.1, 0.15) is 36.8 Å². The first-order valence-electron chi connectivity index (χ1n) is 9.09. The van der Waals surface area contributed by atoms with E-state index in [1.54, 1.807) is 18.3 Å². The maximum absolute atomic E-state index is 12.4. The Hall–Kier alpha value is -2.87. The second-order valence-corrected chi connectivity index (χ2v) is 6.56. The van der Waals surface area contributed by atoms with E-state index in [4.69, 9.17) is 10.00 Å². The zero-order chi connectivity index (χ0) is 18.2. The third-order valence-electron chi connectivity index (χ3n) is 4.60. The van der Waals surface area contributed by atoms with Gasteiger partial charge in [0.15, 0.2) is 0 Å². The van der Waals surface area contributed by atoms with Gasteiger partial charge in [-0.15, -0.1) is 0 Å². The maximum Gasteiger partial charge on any atom is 0.222 e. The van der Waals surface area contributed by atoms with E-state index >= 15 is 0 Å². The lowest BCUT2D eigenvalue weighted by Gasteiger charge is -2.17. The molecule has 1 aromatic heterocycles. The predicted molar refractivity (Wildman–Crippen MR) is 98.6 cm³/mol. The van der Waals surface area contributed by atoms with Crippen molar-refractivity contribution in [2.75, 3.05) is 13.1 Å². The highest BCUT2D eigenvalue weighted by Crippen LogP contribution is 2.18. The summed E-state index contributed by atoms with van der Waals surface area (Å²) < 4.78 is 5.83. The van der Waals surface area contributed by atoms with Crippen molar-refractivity contribution in [3.63, 3.8) is 0 Å². The van der Waals surface area contributed by atoms with Gasteiger partial charge in [-0.05, 0) is 30.9 Å². The number of carbonyl (C=O) groups is 1. The van der Waals surface area contributed by atoms with E-state index in [1.165, 1.54) is 5.56 Å². The molecule has 1 atom stereocenters. The molecule has 5 nitrogen and oxygen atoms in total. The molecule has 134 valence electrons. The number of unbranched alkanes of at least 4 members (excludes halogenated alkanes) is 1. The van der Waals surface area contributed by atoms with Crippen LogP contribution in [0.4, 0.5) is 0 Å². The summed E-state index contributed by atoms with van der Waals surface area (Å²) in [7, 11) is 0. The van der Waals surface area contributed by atoms with Crippen LogP contribution in [0.3, 0.4) is 0 Å². The summed E-state index contributed by atoms with van der Waals surface area (Å²) in [4.78, 5) is 18.4. The molecule has 0 saturated carbocycles. The molecule has 1 amide bonds. The van der Waals surface area contributed by atoms with Crippen LogP contribution in [0.2, 0.25) is 0 Å². The summed E-state index contributed by atoms with van der Waals surface area (Å²) in [6, 6.07) is 15.7. The Morgan fingerprint density at radius 3 is 2.92 bits per heavy atom. The molecule has 0 aliphatic carbocycles. The Kier molecular flexibility index (Phi) is 6.21. The number of hydrogen-bond acceptors (Lipinski definition) is 4. The van der Waals surface area contributed by atoms with Gasteiger partial charge in [0.25, 0.3) is 0 Å². The molecule has 1 aromatic carbocycles. The van der Waals surface area contributed by atoms with E-state index in [0.29, 0.717) is 24.4 Å². The van der Waals surface area contributed by atoms with Gasteiger partial charge in [-0.1, -0.05) is 30.3 Å². The van der Waals surface area contributed by atoms with Crippen molar-refractivity contribution in [1.29, 1.82) is 5.26 Å².